The van der Waals surface area contributed by atoms with E-state index in [1.807, 2.05) is 6.07 Å². The maximum Gasteiger partial charge on any atom is 0.0636 e. The zero-order valence-corrected chi connectivity index (χ0v) is 14.7. The Bertz CT molecular complexity index is 565. The lowest BCUT2D eigenvalue weighted by molar-refractivity contribution is 0.268. The predicted molar refractivity (Wildman–Crippen MR) is 95.5 cm³/mol. The molecule has 0 aliphatic carbocycles. The van der Waals surface area contributed by atoms with Gasteiger partial charge < -0.3 is 10.2 Å². The summed E-state index contributed by atoms with van der Waals surface area (Å²) in [5.41, 5.74) is 0. The van der Waals surface area contributed by atoms with E-state index in [1.165, 1.54) is 34.3 Å². The Kier molecular flexibility index (Phi) is 6.49. The van der Waals surface area contributed by atoms with Gasteiger partial charge in [0.2, 0.25) is 0 Å². The van der Waals surface area contributed by atoms with Gasteiger partial charge in [0.05, 0.1) is 5.02 Å². The first-order chi connectivity index (χ1) is 10.1. The van der Waals surface area contributed by atoms with Crippen LogP contribution in [0.1, 0.15) is 31.6 Å². The average Bonchev–Trinajstić information content (AvgIpc) is 2.79. The van der Waals surface area contributed by atoms with E-state index in [2.05, 4.69) is 49.3 Å². The van der Waals surface area contributed by atoms with Crippen molar-refractivity contribution in [3.05, 3.63) is 34.2 Å². The van der Waals surface area contributed by atoms with Crippen molar-refractivity contribution in [3.8, 4) is 0 Å². The maximum absolute atomic E-state index is 6.44. The summed E-state index contributed by atoms with van der Waals surface area (Å²) in [4.78, 5) is 3.64. The minimum atomic E-state index is 0.635. The monoisotopic (exact) mass is 324 g/mol. The Hall–Kier alpha value is -0.610. The summed E-state index contributed by atoms with van der Waals surface area (Å²) in [7, 11) is 2.19. The summed E-state index contributed by atoms with van der Waals surface area (Å²) in [5, 5.41) is 5.61. The number of nitrogens with one attached hydrogen (secondary N) is 1. The number of hydrogen-bond acceptors (Lipinski definition) is 3. The number of halogens is 1. The standard InChI is InChI=1S/C17H25ClN2S/c1-13(2)20(3)11-7-6-10-19-12-16-17(18)14-8-4-5-9-15(14)21-16/h4-5,8-9,13,19H,6-7,10-12H2,1-3H3. The Morgan fingerprint density at radius 1 is 1.24 bits per heavy atom. The molecule has 1 heterocycles. The third-order valence-corrected chi connectivity index (χ3v) is 5.60. The van der Waals surface area contributed by atoms with Crippen LogP contribution in [0, 0.1) is 0 Å². The van der Waals surface area contributed by atoms with Crippen LogP contribution in [0.3, 0.4) is 0 Å². The number of fused-ring (bicyclic) bond motifs is 1. The normalized spacial score (nSPS) is 11.9. The van der Waals surface area contributed by atoms with Crippen LogP contribution >= 0.6 is 22.9 Å². The molecule has 0 spiro atoms. The molecule has 0 aliphatic heterocycles. The molecule has 0 saturated carbocycles. The van der Waals surface area contributed by atoms with E-state index in [0.29, 0.717) is 6.04 Å². The lowest BCUT2D eigenvalue weighted by Crippen LogP contribution is -2.27. The van der Waals surface area contributed by atoms with E-state index in [1.54, 1.807) is 11.3 Å². The Labute approximate surface area is 137 Å². The zero-order valence-electron chi connectivity index (χ0n) is 13.2. The fraction of sp³-hybridized carbons (Fsp3) is 0.529. The largest absolute Gasteiger partial charge is 0.312 e. The van der Waals surface area contributed by atoms with Gasteiger partial charge in [0.1, 0.15) is 0 Å². The molecule has 116 valence electrons. The van der Waals surface area contributed by atoms with Crippen LogP contribution in [0.15, 0.2) is 24.3 Å². The smallest absolute Gasteiger partial charge is 0.0636 e. The van der Waals surface area contributed by atoms with E-state index in [9.17, 15) is 0 Å². The first kappa shape index (κ1) is 16.8. The summed E-state index contributed by atoms with van der Waals surface area (Å²) in [6.07, 6.45) is 2.45. The number of nitrogens with zero attached hydrogens (tertiary/aromatic N) is 1. The highest BCUT2D eigenvalue weighted by Gasteiger charge is 2.09. The molecular weight excluding hydrogens is 300 g/mol. The van der Waals surface area contributed by atoms with E-state index >= 15 is 0 Å². The average molecular weight is 325 g/mol. The highest BCUT2D eigenvalue weighted by Crippen LogP contribution is 2.34. The fourth-order valence-corrected chi connectivity index (χ4v) is 3.72. The summed E-state index contributed by atoms with van der Waals surface area (Å²) >= 11 is 8.23. The fourth-order valence-electron chi connectivity index (χ4n) is 2.25. The molecule has 0 radical (unpaired) electrons. The minimum Gasteiger partial charge on any atom is -0.312 e. The second-order valence-corrected chi connectivity index (χ2v) is 7.31. The molecular formula is C17H25ClN2S. The molecule has 0 amide bonds. The van der Waals surface area contributed by atoms with Crippen molar-refractivity contribution in [2.75, 3.05) is 20.1 Å². The molecule has 0 saturated heterocycles. The highest BCUT2D eigenvalue weighted by molar-refractivity contribution is 7.19. The second kappa shape index (κ2) is 8.14. The van der Waals surface area contributed by atoms with E-state index < -0.39 is 0 Å². The Morgan fingerprint density at radius 2 is 2.00 bits per heavy atom. The highest BCUT2D eigenvalue weighted by atomic mass is 35.5. The van der Waals surface area contributed by atoms with Crippen LogP contribution in [-0.2, 0) is 6.54 Å². The van der Waals surface area contributed by atoms with Gasteiger partial charge in [-0.1, -0.05) is 29.8 Å². The zero-order chi connectivity index (χ0) is 15.2. The Morgan fingerprint density at radius 3 is 2.71 bits per heavy atom. The van der Waals surface area contributed by atoms with Crippen molar-refractivity contribution in [3.63, 3.8) is 0 Å². The molecule has 0 fully saturated rings. The number of benzene rings is 1. The minimum absolute atomic E-state index is 0.635. The molecule has 2 aromatic rings. The molecule has 2 nitrogen and oxygen atoms in total. The molecule has 21 heavy (non-hydrogen) atoms. The first-order valence-electron chi connectivity index (χ1n) is 7.66. The molecule has 0 atom stereocenters. The molecule has 1 N–H and O–H groups in total. The molecule has 0 aliphatic rings. The predicted octanol–water partition coefficient (Wildman–Crippen LogP) is 4.76. The topological polar surface area (TPSA) is 15.3 Å². The molecule has 2 rings (SSSR count). The van der Waals surface area contributed by atoms with Crippen molar-refractivity contribution in [1.29, 1.82) is 0 Å². The van der Waals surface area contributed by atoms with E-state index in [0.717, 1.165) is 18.1 Å². The quantitative estimate of drug-likeness (QED) is 0.704. The van der Waals surface area contributed by atoms with Crippen molar-refractivity contribution < 1.29 is 0 Å². The van der Waals surface area contributed by atoms with Gasteiger partial charge >= 0.3 is 0 Å². The van der Waals surface area contributed by atoms with Crippen LogP contribution in [0.25, 0.3) is 10.1 Å². The molecule has 4 heteroatoms. The van der Waals surface area contributed by atoms with Gasteiger partial charge in [-0.15, -0.1) is 11.3 Å². The van der Waals surface area contributed by atoms with Crippen molar-refractivity contribution in [2.45, 2.75) is 39.3 Å². The summed E-state index contributed by atoms with van der Waals surface area (Å²) in [6.45, 7) is 7.57. The SMILES string of the molecule is CC(C)N(C)CCCCNCc1sc2ccccc2c1Cl. The van der Waals surface area contributed by atoms with Gasteiger partial charge in [-0.3, -0.25) is 0 Å². The summed E-state index contributed by atoms with van der Waals surface area (Å²) in [5.74, 6) is 0. The van der Waals surface area contributed by atoms with E-state index in [-0.39, 0.29) is 0 Å². The second-order valence-electron chi connectivity index (χ2n) is 5.79. The maximum atomic E-state index is 6.44. The van der Waals surface area contributed by atoms with Crippen LogP contribution in [0.4, 0.5) is 0 Å². The van der Waals surface area contributed by atoms with Crippen LogP contribution < -0.4 is 5.32 Å². The lowest BCUT2D eigenvalue weighted by atomic mass is 10.2. The van der Waals surface area contributed by atoms with Crippen molar-refractivity contribution in [2.24, 2.45) is 0 Å². The molecule has 0 unspecified atom stereocenters. The van der Waals surface area contributed by atoms with Crippen LogP contribution in [0.5, 0.6) is 0 Å². The number of rotatable bonds is 8. The van der Waals surface area contributed by atoms with Crippen LogP contribution in [-0.4, -0.2) is 31.1 Å². The van der Waals surface area contributed by atoms with Gasteiger partial charge in [-0.05, 0) is 52.9 Å². The van der Waals surface area contributed by atoms with Gasteiger partial charge in [0, 0.05) is 27.5 Å². The molecule has 1 aromatic heterocycles. The summed E-state index contributed by atoms with van der Waals surface area (Å²) in [6, 6.07) is 8.98. The summed E-state index contributed by atoms with van der Waals surface area (Å²) < 4.78 is 1.28. The van der Waals surface area contributed by atoms with Crippen LogP contribution in [0.2, 0.25) is 5.02 Å². The third kappa shape index (κ3) is 4.68. The lowest BCUT2D eigenvalue weighted by Gasteiger charge is -2.20. The number of thiophene rings is 1. The Balaban J connectivity index is 1.72. The number of hydrogen-bond donors (Lipinski definition) is 1. The van der Waals surface area contributed by atoms with Gasteiger partial charge in [0.15, 0.2) is 0 Å². The molecule has 1 aromatic carbocycles. The van der Waals surface area contributed by atoms with Gasteiger partial charge in [-0.2, -0.15) is 0 Å². The molecule has 0 bridgehead atoms. The first-order valence-corrected chi connectivity index (χ1v) is 8.86. The number of unbranched alkanes of at least 4 members (excludes halogenated alkanes) is 1. The van der Waals surface area contributed by atoms with E-state index in [4.69, 9.17) is 11.6 Å². The van der Waals surface area contributed by atoms with Gasteiger partial charge in [-0.25, -0.2) is 0 Å². The van der Waals surface area contributed by atoms with Crippen molar-refractivity contribution in [1.82, 2.24) is 10.2 Å². The third-order valence-electron chi connectivity index (χ3n) is 3.88. The van der Waals surface area contributed by atoms with Crippen molar-refractivity contribution >= 4 is 33.0 Å². The van der Waals surface area contributed by atoms with Gasteiger partial charge in [0.25, 0.3) is 0 Å².